The number of carbonyl (C=O) groups is 2. The topological polar surface area (TPSA) is 67.9 Å². The molecule has 6 nitrogen and oxygen atoms in total. The number of hydrogen-bond donors (Lipinski definition) is 1. The van der Waals surface area contributed by atoms with E-state index in [1.165, 1.54) is 30.3 Å². The molecule has 1 N–H and O–H groups in total. The molecule has 2 heterocycles. The van der Waals surface area contributed by atoms with Gasteiger partial charge in [-0.2, -0.15) is 0 Å². The first-order valence-corrected chi connectivity index (χ1v) is 8.00. The molecule has 2 aliphatic rings. The summed E-state index contributed by atoms with van der Waals surface area (Å²) in [5.74, 6) is -0.325. The molecule has 0 atom stereocenters. The van der Waals surface area contributed by atoms with Gasteiger partial charge in [-0.15, -0.1) is 0 Å². The van der Waals surface area contributed by atoms with Crippen LogP contribution in [0.25, 0.3) is 6.08 Å². The highest BCUT2D eigenvalue weighted by Gasteiger charge is 2.35. The van der Waals surface area contributed by atoms with Crippen molar-refractivity contribution in [2.45, 2.75) is 0 Å². The maximum atomic E-state index is 13.1. The Morgan fingerprint density at radius 3 is 2.65 bits per heavy atom. The number of hydrogen-bond acceptors (Lipinski definition) is 5. The van der Waals surface area contributed by atoms with Gasteiger partial charge in [0.1, 0.15) is 11.5 Å². The second-order valence-corrected chi connectivity index (χ2v) is 5.94. The minimum atomic E-state index is -0.527. The number of nitrogens with one attached hydrogen (secondary N) is 1. The molecular formula is C18H11FN2O4S. The van der Waals surface area contributed by atoms with Crippen LogP contribution < -0.4 is 14.8 Å². The number of carbonyl (C=O) groups excluding carboxylic acids is 2. The molecule has 26 heavy (non-hydrogen) atoms. The Kier molecular flexibility index (Phi) is 3.89. The van der Waals surface area contributed by atoms with Crippen molar-refractivity contribution in [1.29, 1.82) is 0 Å². The molecule has 2 aliphatic heterocycles. The minimum absolute atomic E-state index is 0.0312. The second kappa shape index (κ2) is 6.23. The first kappa shape index (κ1) is 16.2. The zero-order valence-corrected chi connectivity index (χ0v) is 14.0. The number of thiocarbonyl (C=S) groups is 1. The SMILES string of the molecule is O=C1NC(=S)N(C(=O)c2ccc(F)cc2)C1=Cc1ccc2c(c1)OCO2. The lowest BCUT2D eigenvalue weighted by molar-refractivity contribution is -0.115. The predicted octanol–water partition coefficient (Wildman–Crippen LogP) is 2.45. The fourth-order valence-electron chi connectivity index (χ4n) is 2.64. The summed E-state index contributed by atoms with van der Waals surface area (Å²) in [7, 11) is 0. The van der Waals surface area contributed by atoms with Crippen LogP contribution in [0.3, 0.4) is 0 Å². The van der Waals surface area contributed by atoms with Gasteiger partial charge in [0.15, 0.2) is 16.6 Å². The summed E-state index contributed by atoms with van der Waals surface area (Å²) < 4.78 is 23.7. The van der Waals surface area contributed by atoms with Crippen molar-refractivity contribution >= 4 is 35.2 Å². The van der Waals surface area contributed by atoms with Crippen molar-refractivity contribution in [3.63, 3.8) is 0 Å². The van der Waals surface area contributed by atoms with E-state index in [0.29, 0.717) is 17.1 Å². The van der Waals surface area contributed by atoms with Gasteiger partial charge >= 0.3 is 0 Å². The number of halogens is 1. The molecule has 8 heteroatoms. The molecule has 2 aromatic rings. The van der Waals surface area contributed by atoms with E-state index in [2.05, 4.69) is 5.32 Å². The number of amides is 2. The Bertz CT molecular complexity index is 972. The molecule has 2 aromatic carbocycles. The molecule has 0 radical (unpaired) electrons. The first-order valence-electron chi connectivity index (χ1n) is 7.59. The van der Waals surface area contributed by atoms with Gasteiger partial charge in [-0.25, -0.2) is 9.29 Å². The van der Waals surface area contributed by atoms with Crippen molar-refractivity contribution < 1.29 is 23.5 Å². The summed E-state index contributed by atoms with van der Waals surface area (Å²) >= 11 is 5.11. The van der Waals surface area contributed by atoms with E-state index < -0.39 is 17.6 Å². The molecule has 4 rings (SSSR count). The van der Waals surface area contributed by atoms with Gasteiger partial charge < -0.3 is 9.47 Å². The van der Waals surface area contributed by atoms with Crippen LogP contribution in [0.1, 0.15) is 15.9 Å². The van der Waals surface area contributed by atoms with Gasteiger partial charge in [0.05, 0.1) is 0 Å². The maximum Gasteiger partial charge on any atom is 0.274 e. The highest BCUT2D eigenvalue weighted by atomic mass is 32.1. The summed E-state index contributed by atoms with van der Waals surface area (Å²) in [5, 5.41) is 2.42. The van der Waals surface area contributed by atoms with E-state index in [-0.39, 0.29) is 23.2 Å². The third-order valence-corrected chi connectivity index (χ3v) is 4.18. The van der Waals surface area contributed by atoms with Gasteiger partial charge in [0, 0.05) is 5.56 Å². The van der Waals surface area contributed by atoms with E-state index in [9.17, 15) is 14.0 Å². The van der Waals surface area contributed by atoms with Crippen molar-refractivity contribution in [2.24, 2.45) is 0 Å². The lowest BCUT2D eigenvalue weighted by atomic mass is 10.1. The minimum Gasteiger partial charge on any atom is -0.454 e. The van der Waals surface area contributed by atoms with E-state index >= 15 is 0 Å². The van der Waals surface area contributed by atoms with Crippen LogP contribution in [-0.2, 0) is 4.79 Å². The number of nitrogens with zero attached hydrogens (tertiary/aromatic N) is 1. The van der Waals surface area contributed by atoms with E-state index in [1.54, 1.807) is 18.2 Å². The number of benzene rings is 2. The Hall–Kier alpha value is -3.26. The van der Waals surface area contributed by atoms with Crippen LogP contribution in [0.15, 0.2) is 48.2 Å². The highest BCUT2D eigenvalue weighted by Crippen LogP contribution is 2.33. The van der Waals surface area contributed by atoms with Crippen LogP contribution in [-0.4, -0.2) is 28.6 Å². The van der Waals surface area contributed by atoms with Crippen LogP contribution >= 0.6 is 12.2 Å². The molecule has 0 unspecified atom stereocenters. The molecule has 1 saturated heterocycles. The first-order chi connectivity index (χ1) is 12.5. The average molecular weight is 370 g/mol. The van der Waals surface area contributed by atoms with E-state index in [0.717, 1.165) is 4.90 Å². The number of rotatable bonds is 2. The van der Waals surface area contributed by atoms with Gasteiger partial charge in [-0.3, -0.25) is 14.9 Å². The lowest BCUT2D eigenvalue weighted by Crippen LogP contribution is -2.33. The quantitative estimate of drug-likeness (QED) is 0.650. The Morgan fingerprint density at radius 2 is 1.88 bits per heavy atom. The summed E-state index contributed by atoms with van der Waals surface area (Å²) in [6.07, 6.45) is 1.53. The largest absolute Gasteiger partial charge is 0.454 e. The monoisotopic (exact) mass is 370 g/mol. The number of fused-ring (bicyclic) bond motifs is 1. The molecule has 0 spiro atoms. The van der Waals surface area contributed by atoms with Crippen molar-refractivity contribution in [3.8, 4) is 11.5 Å². The summed E-state index contributed by atoms with van der Waals surface area (Å²) in [4.78, 5) is 26.1. The van der Waals surface area contributed by atoms with Crippen LogP contribution in [0.2, 0.25) is 0 Å². The van der Waals surface area contributed by atoms with Crippen molar-refractivity contribution in [1.82, 2.24) is 10.2 Å². The molecule has 0 bridgehead atoms. The second-order valence-electron chi connectivity index (χ2n) is 5.55. The van der Waals surface area contributed by atoms with Crippen LogP contribution in [0, 0.1) is 5.82 Å². The summed E-state index contributed by atoms with van der Waals surface area (Å²) in [6, 6.07) is 10.2. The molecular weight excluding hydrogens is 359 g/mol. The molecule has 1 fully saturated rings. The normalized spacial score (nSPS) is 17.0. The highest BCUT2D eigenvalue weighted by molar-refractivity contribution is 7.80. The van der Waals surface area contributed by atoms with E-state index in [1.807, 2.05) is 0 Å². The maximum absolute atomic E-state index is 13.1. The lowest BCUT2D eigenvalue weighted by Gasteiger charge is -2.15. The van der Waals surface area contributed by atoms with Gasteiger partial charge in [0.25, 0.3) is 11.8 Å². The van der Waals surface area contributed by atoms with Gasteiger partial charge in [-0.05, 0) is 60.3 Å². The van der Waals surface area contributed by atoms with Crippen molar-refractivity contribution in [3.05, 3.63) is 65.1 Å². The van der Waals surface area contributed by atoms with E-state index in [4.69, 9.17) is 21.7 Å². The fraction of sp³-hybridized carbons (Fsp3) is 0.0556. The Labute approximate surface area is 152 Å². The molecule has 2 amide bonds. The van der Waals surface area contributed by atoms with Crippen LogP contribution in [0.5, 0.6) is 11.5 Å². The molecule has 0 aliphatic carbocycles. The van der Waals surface area contributed by atoms with Crippen LogP contribution in [0.4, 0.5) is 4.39 Å². The smallest absolute Gasteiger partial charge is 0.274 e. The standard InChI is InChI=1S/C18H11FN2O4S/c19-12-4-2-11(3-5-12)17(23)21-13(16(22)20-18(21)26)7-10-1-6-14-15(8-10)25-9-24-14/h1-8H,9H2,(H,20,22,26). The predicted molar refractivity (Wildman–Crippen MR) is 93.9 cm³/mol. The number of ether oxygens (including phenoxy) is 2. The fourth-order valence-corrected chi connectivity index (χ4v) is 2.92. The summed E-state index contributed by atoms with van der Waals surface area (Å²) in [6.45, 7) is 0.134. The van der Waals surface area contributed by atoms with Crippen molar-refractivity contribution in [2.75, 3.05) is 6.79 Å². The third kappa shape index (κ3) is 2.80. The zero-order valence-electron chi connectivity index (χ0n) is 13.2. The van der Waals surface area contributed by atoms with Gasteiger partial charge in [0.2, 0.25) is 6.79 Å². The summed E-state index contributed by atoms with van der Waals surface area (Å²) in [5.41, 5.74) is 0.922. The molecule has 130 valence electrons. The molecule has 0 aromatic heterocycles. The Balaban J connectivity index is 1.71. The Morgan fingerprint density at radius 1 is 1.15 bits per heavy atom. The van der Waals surface area contributed by atoms with Gasteiger partial charge in [-0.1, -0.05) is 6.07 Å². The third-order valence-electron chi connectivity index (χ3n) is 3.89. The molecule has 0 saturated carbocycles. The zero-order chi connectivity index (χ0) is 18.3. The average Bonchev–Trinajstić information content (AvgIpc) is 3.19.